The fraction of sp³-hybridized carbons (Fsp3) is 0.917. The van der Waals surface area contributed by atoms with Crippen LogP contribution < -0.4 is 0 Å². The molecule has 0 aromatic carbocycles. The molecule has 14 heavy (non-hydrogen) atoms. The molecule has 2 fully saturated rings. The van der Waals surface area contributed by atoms with Gasteiger partial charge in [0.25, 0.3) is 0 Å². The molecule has 0 aromatic heterocycles. The van der Waals surface area contributed by atoms with Crippen molar-refractivity contribution in [3.63, 3.8) is 0 Å². The molecule has 0 radical (unpaired) electrons. The van der Waals surface area contributed by atoms with Crippen molar-refractivity contribution in [2.24, 2.45) is 17.3 Å². The zero-order chi connectivity index (χ0) is 10.5. The molecule has 1 saturated carbocycles. The summed E-state index contributed by atoms with van der Waals surface area (Å²) >= 11 is 0. The molecule has 1 spiro atoms. The molecule has 1 unspecified atom stereocenters. The van der Waals surface area contributed by atoms with Crippen molar-refractivity contribution >= 4 is 5.78 Å². The molecule has 80 valence electrons. The molecular weight excluding hydrogens is 174 g/mol. The van der Waals surface area contributed by atoms with Crippen molar-refractivity contribution in [3.05, 3.63) is 0 Å². The Labute approximate surface area is 86.7 Å². The van der Waals surface area contributed by atoms with E-state index in [1.54, 1.807) is 6.92 Å². The van der Waals surface area contributed by atoms with Crippen LogP contribution in [0.4, 0.5) is 0 Å². The minimum Gasteiger partial charge on any atom is -0.298 e. The van der Waals surface area contributed by atoms with Crippen LogP contribution in [0, 0.1) is 17.3 Å². The van der Waals surface area contributed by atoms with E-state index in [-0.39, 0.29) is 6.04 Å². The summed E-state index contributed by atoms with van der Waals surface area (Å²) in [7, 11) is 2.09. The lowest BCUT2D eigenvalue weighted by atomic mass is 9.93. The van der Waals surface area contributed by atoms with Gasteiger partial charge in [-0.15, -0.1) is 0 Å². The molecule has 0 aromatic rings. The van der Waals surface area contributed by atoms with Crippen LogP contribution in [0.2, 0.25) is 0 Å². The number of carbonyl (C=O) groups is 1. The predicted octanol–water partition coefficient (Wildman–Crippen LogP) is 1.94. The maximum Gasteiger partial charge on any atom is 0.146 e. The van der Waals surface area contributed by atoms with Gasteiger partial charge in [-0.25, -0.2) is 0 Å². The van der Waals surface area contributed by atoms with Crippen molar-refractivity contribution in [1.29, 1.82) is 0 Å². The Hall–Kier alpha value is -0.370. The van der Waals surface area contributed by atoms with E-state index in [4.69, 9.17) is 0 Å². The third kappa shape index (κ3) is 1.40. The van der Waals surface area contributed by atoms with Gasteiger partial charge >= 0.3 is 0 Å². The molecule has 0 amide bonds. The van der Waals surface area contributed by atoms with E-state index >= 15 is 0 Å². The average Bonchev–Trinajstić information content (AvgIpc) is 2.63. The van der Waals surface area contributed by atoms with E-state index in [0.29, 0.717) is 11.2 Å². The van der Waals surface area contributed by atoms with E-state index in [1.165, 1.54) is 6.42 Å². The van der Waals surface area contributed by atoms with Crippen LogP contribution in [0.5, 0.6) is 0 Å². The number of nitrogens with zero attached hydrogens (tertiary/aromatic N) is 1. The van der Waals surface area contributed by atoms with Crippen molar-refractivity contribution in [3.8, 4) is 0 Å². The molecule has 1 heterocycles. The quantitative estimate of drug-likeness (QED) is 0.671. The highest BCUT2D eigenvalue weighted by atomic mass is 16.1. The number of ketones is 1. The normalized spacial score (nSPS) is 42.4. The van der Waals surface area contributed by atoms with E-state index in [2.05, 4.69) is 25.8 Å². The fourth-order valence-corrected chi connectivity index (χ4v) is 3.40. The number of hydrogen-bond acceptors (Lipinski definition) is 2. The van der Waals surface area contributed by atoms with Gasteiger partial charge in [-0.05, 0) is 44.1 Å². The molecule has 1 aliphatic heterocycles. The maximum atomic E-state index is 11.4. The lowest BCUT2D eigenvalue weighted by Gasteiger charge is -2.15. The van der Waals surface area contributed by atoms with Crippen LogP contribution in [0.3, 0.4) is 0 Å². The number of carbonyl (C=O) groups excluding carboxylic acids is 1. The number of likely N-dealkylation sites (N-methyl/N-ethyl adjacent to an activating group) is 1. The minimum atomic E-state index is 0.207. The van der Waals surface area contributed by atoms with Crippen LogP contribution in [-0.4, -0.2) is 30.3 Å². The maximum absolute atomic E-state index is 11.4. The van der Waals surface area contributed by atoms with E-state index < -0.39 is 0 Å². The second kappa shape index (κ2) is 3.06. The molecule has 2 nitrogen and oxygen atoms in total. The summed E-state index contributed by atoms with van der Waals surface area (Å²) in [5, 5.41) is 0. The van der Waals surface area contributed by atoms with Gasteiger partial charge in [-0.2, -0.15) is 0 Å². The van der Waals surface area contributed by atoms with Gasteiger partial charge in [-0.3, -0.25) is 9.69 Å². The molecule has 2 aliphatic rings. The Bertz CT molecular complexity index is 261. The Morgan fingerprint density at radius 2 is 2.07 bits per heavy atom. The molecule has 2 rings (SSSR count). The summed E-state index contributed by atoms with van der Waals surface area (Å²) in [6, 6.07) is 0.207. The number of hydrogen-bond donors (Lipinski definition) is 0. The van der Waals surface area contributed by atoms with E-state index in [0.717, 1.165) is 24.8 Å². The van der Waals surface area contributed by atoms with Gasteiger partial charge in [0.2, 0.25) is 0 Å². The van der Waals surface area contributed by atoms with Crippen molar-refractivity contribution in [2.75, 3.05) is 13.6 Å². The number of likely N-dealkylation sites (tertiary alicyclic amines) is 1. The Morgan fingerprint density at radius 1 is 1.43 bits per heavy atom. The first-order chi connectivity index (χ1) is 6.46. The summed E-state index contributed by atoms with van der Waals surface area (Å²) < 4.78 is 0. The monoisotopic (exact) mass is 195 g/mol. The Balaban J connectivity index is 2.05. The third-order valence-electron chi connectivity index (χ3n) is 4.22. The second-order valence-corrected chi connectivity index (χ2v) is 5.66. The van der Waals surface area contributed by atoms with Gasteiger partial charge < -0.3 is 0 Å². The zero-order valence-electron chi connectivity index (χ0n) is 9.71. The predicted molar refractivity (Wildman–Crippen MR) is 57.1 cm³/mol. The van der Waals surface area contributed by atoms with Crippen molar-refractivity contribution < 1.29 is 4.79 Å². The topological polar surface area (TPSA) is 20.3 Å². The largest absolute Gasteiger partial charge is 0.298 e. The first-order valence-corrected chi connectivity index (χ1v) is 5.67. The Morgan fingerprint density at radius 3 is 2.43 bits per heavy atom. The van der Waals surface area contributed by atoms with Crippen molar-refractivity contribution in [2.45, 2.75) is 39.7 Å². The zero-order valence-corrected chi connectivity index (χ0v) is 9.71. The standard InChI is InChI=1S/C12H21NO/c1-8(2)10-5-12(10)6-11(9(3)14)13(4)7-12/h8,10-11H,5-7H2,1-4H3/t10?,11-,12+/m0/s1. The third-order valence-corrected chi connectivity index (χ3v) is 4.22. The van der Waals surface area contributed by atoms with Crippen LogP contribution in [-0.2, 0) is 4.79 Å². The molecule has 2 heteroatoms. The van der Waals surface area contributed by atoms with Gasteiger partial charge in [0.15, 0.2) is 0 Å². The highest BCUT2D eigenvalue weighted by Crippen LogP contribution is 2.62. The van der Waals surface area contributed by atoms with Crippen LogP contribution >= 0.6 is 0 Å². The highest BCUT2D eigenvalue weighted by molar-refractivity contribution is 5.82. The summed E-state index contributed by atoms with van der Waals surface area (Å²) in [5.41, 5.74) is 0.513. The summed E-state index contributed by atoms with van der Waals surface area (Å²) in [4.78, 5) is 13.7. The van der Waals surface area contributed by atoms with Gasteiger partial charge in [0.05, 0.1) is 6.04 Å². The first-order valence-electron chi connectivity index (χ1n) is 5.67. The number of rotatable bonds is 2. The van der Waals surface area contributed by atoms with E-state index in [9.17, 15) is 4.79 Å². The van der Waals surface area contributed by atoms with E-state index in [1.807, 2.05) is 0 Å². The van der Waals surface area contributed by atoms with Crippen LogP contribution in [0.1, 0.15) is 33.6 Å². The molecule has 0 N–H and O–H groups in total. The van der Waals surface area contributed by atoms with Gasteiger partial charge in [0.1, 0.15) is 5.78 Å². The number of Topliss-reactive ketones (excluding diaryl/α,β-unsaturated/α-hetero) is 1. The Kier molecular flexibility index (Phi) is 2.22. The van der Waals surface area contributed by atoms with Gasteiger partial charge in [-0.1, -0.05) is 13.8 Å². The fourth-order valence-electron chi connectivity index (χ4n) is 3.40. The highest BCUT2D eigenvalue weighted by Gasteiger charge is 2.60. The first kappa shape index (κ1) is 10.2. The van der Waals surface area contributed by atoms with Crippen molar-refractivity contribution in [1.82, 2.24) is 4.90 Å². The SMILES string of the molecule is CC(=O)[C@@H]1C[C@]2(CC2C(C)C)CN1C. The smallest absolute Gasteiger partial charge is 0.146 e. The summed E-state index contributed by atoms with van der Waals surface area (Å²) in [6.45, 7) is 7.48. The molecule has 1 aliphatic carbocycles. The lowest BCUT2D eigenvalue weighted by molar-refractivity contribution is -0.120. The van der Waals surface area contributed by atoms with Crippen LogP contribution in [0.25, 0.3) is 0 Å². The molecule has 1 saturated heterocycles. The molecular formula is C12H21NO. The minimum absolute atomic E-state index is 0.207. The summed E-state index contributed by atoms with van der Waals surface area (Å²) in [6.07, 6.45) is 2.46. The molecule has 3 atom stereocenters. The van der Waals surface area contributed by atoms with Gasteiger partial charge in [0, 0.05) is 6.54 Å². The van der Waals surface area contributed by atoms with Crippen LogP contribution in [0.15, 0.2) is 0 Å². The molecule has 0 bridgehead atoms. The second-order valence-electron chi connectivity index (χ2n) is 5.66. The average molecular weight is 195 g/mol. The summed E-state index contributed by atoms with van der Waals surface area (Å²) in [5.74, 6) is 2.00. The lowest BCUT2D eigenvalue weighted by Crippen LogP contribution is -2.30.